The molecular formula is C12H24N3O4+. The second-order valence-corrected chi connectivity index (χ2v) is 5.84. The average molecular weight is 274 g/mol. The Hall–Kier alpha value is -1.37. The van der Waals surface area contributed by atoms with Crippen LogP contribution in [0.5, 0.6) is 0 Å². The molecule has 0 aromatic heterocycles. The predicted octanol–water partition coefficient (Wildman–Crippen LogP) is 1.49. The summed E-state index contributed by atoms with van der Waals surface area (Å²) in [7, 11) is 0. The molecule has 7 nitrogen and oxygen atoms in total. The van der Waals surface area contributed by atoms with Crippen LogP contribution in [0.2, 0.25) is 0 Å². The lowest BCUT2D eigenvalue weighted by Gasteiger charge is -2.25. The molecule has 0 amide bonds. The Morgan fingerprint density at radius 2 is 2.11 bits per heavy atom. The van der Waals surface area contributed by atoms with Gasteiger partial charge in [0.2, 0.25) is 0 Å². The molecule has 0 aliphatic heterocycles. The molecule has 1 saturated carbocycles. The Bertz CT molecular complexity index is 340. The molecule has 19 heavy (non-hydrogen) atoms. The first-order chi connectivity index (χ1) is 8.75. The standard InChI is InChI=1S/C12H23N3O4/c1-5-14(12(2,3)4)15(18)13-19-10-7-6-9(8-10)11(16)17/h9-10H,5-8H2,1-4H3,(H-,13,16,17,18)/p+1/t9-,10-/m0/s1. The summed E-state index contributed by atoms with van der Waals surface area (Å²) in [6.45, 7) is 8.22. The van der Waals surface area contributed by atoms with Gasteiger partial charge in [-0.15, -0.1) is 5.01 Å². The first-order valence-electron chi connectivity index (χ1n) is 6.64. The maximum Gasteiger partial charge on any atom is 0.306 e. The van der Waals surface area contributed by atoms with Crippen molar-refractivity contribution in [3.8, 4) is 0 Å². The molecule has 110 valence electrons. The third kappa shape index (κ3) is 4.34. The number of aliphatic carboxylic acids is 1. The monoisotopic (exact) mass is 274 g/mol. The summed E-state index contributed by atoms with van der Waals surface area (Å²) in [6.07, 6.45) is 1.46. The molecule has 0 saturated heterocycles. The van der Waals surface area contributed by atoms with E-state index in [4.69, 9.17) is 9.94 Å². The van der Waals surface area contributed by atoms with Crippen LogP contribution in [0, 0.1) is 10.8 Å². The highest BCUT2D eigenvalue weighted by Gasteiger charge is 2.35. The van der Waals surface area contributed by atoms with Gasteiger partial charge in [0.25, 0.3) is 4.98 Å². The van der Waals surface area contributed by atoms with Gasteiger partial charge in [-0.1, -0.05) is 0 Å². The highest BCUT2D eigenvalue weighted by molar-refractivity contribution is 5.70. The largest absolute Gasteiger partial charge is 0.481 e. The van der Waals surface area contributed by atoms with Crippen LogP contribution in [0.15, 0.2) is 0 Å². The van der Waals surface area contributed by atoms with Crippen LogP contribution in [-0.4, -0.2) is 39.3 Å². The van der Waals surface area contributed by atoms with Crippen molar-refractivity contribution in [3.63, 3.8) is 0 Å². The van der Waals surface area contributed by atoms with E-state index in [9.17, 15) is 9.70 Å². The number of hydrazine groups is 2. The van der Waals surface area contributed by atoms with E-state index in [2.05, 4.69) is 5.59 Å². The summed E-state index contributed by atoms with van der Waals surface area (Å²) in [5.74, 6) is -1.16. The molecule has 0 bridgehead atoms. The van der Waals surface area contributed by atoms with E-state index in [1.807, 2.05) is 27.7 Å². The number of hydrogen-bond acceptors (Lipinski definition) is 3. The van der Waals surface area contributed by atoms with Crippen molar-refractivity contribution in [1.82, 2.24) is 10.6 Å². The Kier molecular flexibility index (Phi) is 5.11. The summed E-state index contributed by atoms with van der Waals surface area (Å²) in [4.78, 5) is 28.6. The zero-order chi connectivity index (χ0) is 14.6. The number of carbonyl (C=O) groups is 1. The second kappa shape index (κ2) is 6.18. The van der Waals surface area contributed by atoms with Crippen molar-refractivity contribution in [3.05, 3.63) is 4.91 Å². The topological polar surface area (TPSA) is 81.9 Å². The van der Waals surface area contributed by atoms with Gasteiger partial charge in [0, 0.05) is 5.59 Å². The Labute approximate surface area is 113 Å². The van der Waals surface area contributed by atoms with Gasteiger partial charge in [-0.3, -0.25) is 4.79 Å². The second-order valence-electron chi connectivity index (χ2n) is 5.84. The first kappa shape index (κ1) is 15.7. The molecule has 1 aliphatic carbocycles. The molecular weight excluding hydrogens is 250 g/mol. The summed E-state index contributed by atoms with van der Waals surface area (Å²) in [6, 6.07) is 0. The van der Waals surface area contributed by atoms with Gasteiger partial charge in [0.1, 0.15) is 0 Å². The SMILES string of the molecule is CCN([N+](=O)NO[C@H]1CC[C@H](C(=O)O)C1)C(C)(C)C. The van der Waals surface area contributed by atoms with Crippen LogP contribution in [-0.2, 0) is 9.63 Å². The van der Waals surface area contributed by atoms with Crippen molar-refractivity contribution >= 4 is 5.97 Å². The minimum absolute atomic E-state index is 0.226. The molecule has 0 aromatic rings. The molecule has 2 N–H and O–H groups in total. The van der Waals surface area contributed by atoms with Gasteiger partial charge < -0.3 is 5.11 Å². The van der Waals surface area contributed by atoms with Crippen LogP contribution < -0.4 is 5.59 Å². The molecule has 0 spiro atoms. The molecule has 1 fully saturated rings. The summed E-state index contributed by atoms with van der Waals surface area (Å²) >= 11 is 0. The highest BCUT2D eigenvalue weighted by Crippen LogP contribution is 2.27. The van der Waals surface area contributed by atoms with E-state index in [0.29, 0.717) is 30.8 Å². The van der Waals surface area contributed by atoms with Gasteiger partial charge in [-0.25, -0.2) is 4.84 Å². The lowest BCUT2D eigenvalue weighted by molar-refractivity contribution is -0.801. The van der Waals surface area contributed by atoms with Crippen LogP contribution in [0.25, 0.3) is 0 Å². The molecule has 1 aliphatic rings. The van der Waals surface area contributed by atoms with E-state index in [1.54, 1.807) is 5.01 Å². The van der Waals surface area contributed by atoms with E-state index in [-0.39, 0.29) is 17.6 Å². The van der Waals surface area contributed by atoms with E-state index in [1.165, 1.54) is 0 Å². The minimum Gasteiger partial charge on any atom is -0.481 e. The number of carboxylic acids is 1. The molecule has 2 atom stereocenters. The maximum atomic E-state index is 11.9. The zero-order valence-electron chi connectivity index (χ0n) is 12.0. The van der Waals surface area contributed by atoms with Gasteiger partial charge >= 0.3 is 5.97 Å². The van der Waals surface area contributed by atoms with Crippen LogP contribution in [0.3, 0.4) is 0 Å². The quantitative estimate of drug-likeness (QED) is 0.564. The van der Waals surface area contributed by atoms with E-state index >= 15 is 0 Å². The smallest absolute Gasteiger partial charge is 0.306 e. The van der Waals surface area contributed by atoms with Gasteiger partial charge in [-0.2, -0.15) is 0 Å². The molecule has 0 heterocycles. The van der Waals surface area contributed by atoms with Crippen molar-refractivity contribution in [2.45, 2.75) is 58.6 Å². The summed E-state index contributed by atoms with van der Waals surface area (Å²) in [5.41, 5.74) is 2.04. The fraction of sp³-hybridized carbons (Fsp3) is 0.917. The van der Waals surface area contributed by atoms with E-state index in [0.717, 1.165) is 0 Å². The average Bonchev–Trinajstić information content (AvgIpc) is 2.74. The van der Waals surface area contributed by atoms with Crippen molar-refractivity contribution in [2.24, 2.45) is 5.92 Å². The first-order valence-corrected chi connectivity index (χ1v) is 6.64. The van der Waals surface area contributed by atoms with Crippen molar-refractivity contribution in [2.75, 3.05) is 6.54 Å². The van der Waals surface area contributed by atoms with Crippen molar-refractivity contribution in [1.29, 1.82) is 0 Å². The Morgan fingerprint density at radius 3 is 2.53 bits per heavy atom. The fourth-order valence-corrected chi connectivity index (χ4v) is 2.32. The number of hydrogen-bond donors (Lipinski definition) is 2. The maximum absolute atomic E-state index is 11.9. The zero-order valence-corrected chi connectivity index (χ0v) is 12.0. The molecule has 1 rings (SSSR count). The van der Waals surface area contributed by atoms with Gasteiger partial charge in [0.15, 0.2) is 0 Å². The minimum atomic E-state index is -0.796. The van der Waals surface area contributed by atoms with Gasteiger partial charge in [0.05, 0.1) is 29.0 Å². The predicted molar refractivity (Wildman–Crippen MR) is 68.7 cm³/mol. The molecule has 7 heteroatoms. The molecule has 0 aromatic carbocycles. The third-order valence-corrected chi connectivity index (χ3v) is 3.32. The van der Waals surface area contributed by atoms with Gasteiger partial charge in [-0.05, 0) is 47.0 Å². The lowest BCUT2D eigenvalue weighted by Crippen LogP contribution is -2.52. The normalized spacial score (nSPS) is 23.2. The van der Waals surface area contributed by atoms with Crippen LogP contribution in [0.1, 0.15) is 47.0 Å². The summed E-state index contributed by atoms with van der Waals surface area (Å²) in [5, 5.41) is 10.5. The molecule has 0 unspecified atom stereocenters. The number of nitrogens with zero attached hydrogens (tertiary/aromatic N) is 2. The lowest BCUT2D eigenvalue weighted by atomic mass is 10.1. The fourth-order valence-electron chi connectivity index (χ4n) is 2.32. The highest BCUT2D eigenvalue weighted by atomic mass is 16.7. The number of nitrogens with one attached hydrogen (secondary N) is 1. The Balaban J connectivity index is 2.41. The number of carboxylic acid groups (broad SMARTS) is 1. The summed E-state index contributed by atoms with van der Waals surface area (Å²) < 4.78 is 0. The van der Waals surface area contributed by atoms with Crippen molar-refractivity contribution < 1.29 is 19.7 Å². The van der Waals surface area contributed by atoms with E-state index < -0.39 is 5.97 Å². The van der Waals surface area contributed by atoms with Crippen LogP contribution >= 0.6 is 0 Å². The number of nitroso groups, excluding NO2 is 1. The third-order valence-electron chi connectivity index (χ3n) is 3.32. The molecule has 0 radical (unpaired) electrons. The Morgan fingerprint density at radius 1 is 1.47 bits per heavy atom. The van der Waals surface area contributed by atoms with Crippen LogP contribution in [0.4, 0.5) is 0 Å². The number of rotatable bonds is 6.